The summed E-state index contributed by atoms with van der Waals surface area (Å²) in [6.07, 6.45) is 0. The molecule has 0 amide bonds. The lowest BCUT2D eigenvalue weighted by molar-refractivity contribution is 0.411. The van der Waals surface area contributed by atoms with E-state index in [4.69, 9.17) is 9.15 Å². The molecule has 0 aliphatic heterocycles. The zero-order chi connectivity index (χ0) is 17.5. The summed E-state index contributed by atoms with van der Waals surface area (Å²) >= 11 is 0. The van der Waals surface area contributed by atoms with E-state index >= 15 is 0 Å². The fraction of sp³-hybridized carbons (Fsp3) is 0.412. The fourth-order valence-corrected chi connectivity index (χ4v) is 2.10. The van der Waals surface area contributed by atoms with Crippen molar-refractivity contribution in [2.24, 2.45) is 4.99 Å². The second kappa shape index (κ2) is 10.1. The van der Waals surface area contributed by atoms with Gasteiger partial charge in [-0.15, -0.1) is 24.0 Å². The van der Waals surface area contributed by atoms with Gasteiger partial charge in [0.15, 0.2) is 5.96 Å². The van der Waals surface area contributed by atoms with Crippen LogP contribution in [0.2, 0.25) is 0 Å². The van der Waals surface area contributed by atoms with E-state index in [0.717, 1.165) is 18.0 Å². The largest absolute Gasteiger partial charge is 0.508 e. The molecule has 2 aromatic rings. The number of aromatic nitrogens is 1. The summed E-state index contributed by atoms with van der Waals surface area (Å²) in [6.45, 7) is 7.26. The highest BCUT2D eigenvalue weighted by molar-refractivity contribution is 14.0. The summed E-state index contributed by atoms with van der Waals surface area (Å²) in [5.74, 6) is 2.92. The van der Waals surface area contributed by atoms with E-state index in [2.05, 4.69) is 20.6 Å². The van der Waals surface area contributed by atoms with E-state index in [1.165, 1.54) is 0 Å². The average Bonchev–Trinajstić information content (AvgIpc) is 2.89. The average molecular weight is 460 g/mol. The number of guanidine groups is 1. The van der Waals surface area contributed by atoms with Gasteiger partial charge in [0.1, 0.15) is 17.3 Å². The third kappa shape index (κ3) is 6.11. The van der Waals surface area contributed by atoms with Crippen LogP contribution >= 0.6 is 24.0 Å². The molecule has 3 N–H and O–H groups in total. The van der Waals surface area contributed by atoms with E-state index in [-0.39, 0.29) is 29.7 Å². The third-order valence-corrected chi connectivity index (χ3v) is 3.52. The Morgan fingerprint density at radius 3 is 2.68 bits per heavy atom. The first-order valence-corrected chi connectivity index (χ1v) is 7.84. The first-order valence-electron chi connectivity index (χ1n) is 7.84. The highest BCUT2D eigenvalue weighted by Crippen LogP contribution is 2.23. The molecule has 0 atom stereocenters. The van der Waals surface area contributed by atoms with Crippen LogP contribution in [-0.4, -0.2) is 29.7 Å². The molecule has 1 aromatic carbocycles. The number of aliphatic imine (C=N–C) groups is 1. The maximum Gasteiger partial charge on any atom is 0.214 e. The molecule has 138 valence electrons. The number of methoxy groups -OCH3 is 1. The Morgan fingerprint density at radius 2 is 2.08 bits per heavy atom. The molecule has 0 aliphatic rings. The van der Waals surface area contributed by atoms with Crippen molar-refractivity contribution in [3.63, 3.8) is 0 Å². The zero-order valence-corrected chi connectivity index (χ0v) is 17.3. The van der Waals surface area contributed by atoms with E-state index in [1.807, 2.05) is 20.8 Å². The van der Waals surface area contributed by atoms with Gasteiger partial charge in [0.2, 0.25) is 5.89 Å². The number of phenols is 1. The summed E-state index contributed by atoms with van der Waals surface area (Å²) in [7, 11) is 1.59. The second-order valence-corrected chi connectivity index (χ2v) is 5.29. The van der Waals surface area contributed by atoms with Gasteiger partial charge in [-0.2, -0.15) is 0 Å². The quantitative estimate of drug-likeness (QED) is 0.349. The Hall–Kier alpha value is -1.97. The Labute approximate surface area is 164 Å². The number of oxazole rings is 1. The van der Waals surface area contributed by atoms with Crippen molar-refractivity contribution < 1.29 is 14.3 Å². The Morgan fingerprint density at radius 1 is 1.32 bits per heavy atom. The fourth-order valence-electron chi connectivity index (χ4n) is 2.10. The van der Waals surface area contributed by atoms with Crippen LogP contribution in [0.3, 0.4) is 0 Å². The number of aromatic hydroxyl groups is 1. The summed E-state index contributed by atoms with van der Waals surface area (Å²) < 4.78 is 10.7. The van der Waals surface area contributed by atoms with Crippen LogP contribution in [0.4, 0.5) is 0 Å². The number of aryl methyl sites for hydroxylation is 2. The predicted octanol–water partition coefficient (Wildman–Crippen LogP) is 2.88. The van der Waals surface area contributed by atoms with Crippen LogP contribution < -0.4 is 15.4 Å². The van der Waals surface area contributed by atoms with Gasteiger partial charge >= 0.3 is 0 Å². The standard InChI is InChI=1S/C17H24N4O3.HI/c1-5-18-17(20-10-16-21-11(2)12(3)24-16)19-9-13-8-14(23-4)6-7-15(13)22;/h6-8,22H,5,9-10H2,1-4H3,(H2,18,19,20);1H. The maximum absolute atomic E-state index is 9.92. The molecule has 1 aromatic heterocycles. The minimum absolute atomic E-state index is 0. The molecule has 0 saturated heterocycles. The van der Waals surface area contributed by atoms with Crippen LogP contribution in [-0.2, 0) is 13.1 Å². The number of nitrogens with one attached hydrogen (secondary N) is 2. The molecule has 0 saturated carbocycles. The molecule has 8 heteroatoms. The number of halogens is 1. The Kier molecular flexibility index (Phi) is 8.53. The van der Waals surface area contributed by atoms with Gasteiger partial charge in [-0.05, 0) is 39.0 Å². The SMILES string of the molecule is CCNC(=NCc1cc(OC)ccc1O)NCc1nc(C)c(C)o1.I. The van der Waals surface area contributed by atoms with Gasteiger partial charge < -0.3 is 24.9 Å². The van der Waals surface area contributed by atoms with Crippen molar-refractivity contribution in [1.29, 1.82) is 0 Å². The minimum Gasteiger partial charge on any atom is -0.508 e. The molecule has 1 heterocycles. The normalized spacial score (nSPS) is 11.0. The van der Waals surface area contributed by atoms with Gasteiger partial charge in [0, 0.05) is 12.1 Å². The number of ether oxygens (including phenoxy) is 1. The highest BCUT2D eigenvalue weighted by atomic mass is 127. The number of phenolic OH excluding ortho intramolecular Hbond substituents is 1. The first kappa shape index (κ1) is 21.1. The summed E-state index contributed by atoms with van der Waals surface area (Å²) in [4.78, 5) is 8.80. The smallest absolute Gasteiger partial charge is 0.214 e. The molecular formula is C17H25IN4O3. The minimum atomic E-state index is 0. The predicted molar refractivity (Wildman–Crippen MR) is 108 cm³/mol. The summed E-state index contributed by atoms with van der Waals surface area (Å²) in [5, 5.41) is 16.2. The van der Waals surface area contributed by atoms with E-state index in [9.17, 15) is 5.11 Å². The molecule has 0 radical (unpaired) electrons. The van der Waals surface area contributed by atoms with Crippen molar-refractivity contribution in [2.45, 2.75) is 33.9 Å². The number of nitrogens with zero attached hydrogens (tertiary/aromatic N) is 2. The van der Waals surface area contributed by atoms with Crippen LogP contribution in [0.1, 0.15) is 29.8 Å². The van der Waals surface area contributed by atoms with Gasteiger partial charge in [0.25, 0.3) is 0 Å². The van der Waals surface area contributed by atoms with Gasteiger partial charge in [0.05, 0.1) is 25.9 Å². The number of benzene rings is 1. The van der Waals surface area contributed by atoms with Gasteiger partial charge in [-0.25, -0.2) is 9.98 Å². The molecule has 25 heavy (non-hydrogen) atoms. The molecule has 2 rings (SSSR count). The second-order valence-electron chi connectivity index (χ2n) is 5.29. The van der Waals surface area contributed by atoms with Crippen molar-refractivity contribution >= 4 is 29.9 Å². The highest BCUT2D eigenvalue weighted by Gasteiger charge is 2.07. The van der Waals surface area contributed by atoms with Crippen LogP contribution in [0.15, 0.2) is 27.6 Å². The Balaban J connectivity index is 0.00000312. The molecule has 0 aliphatic carbocycles. The Bertz CT molecular complexity index is 696. The number of hydrogen-bond donors (Lipinski definition) is 3. The van der Waals surface area contributed by atoms with Crippen LogP contribution in [0.25, 0.3) is 0 Å². The van der Waals surface area contributed by atoms with E-state index in [0.29, 0.717) is 36.3 Å². The van der Waals surface area contributed by atoms with Gasteiger partial charge in [-0.1, -0.05) is 0 Å². The van der Waals surface area contributed by atoms with Crippen molar-refractivity contribution in [1.82, 2.24) is 15.6 Å². The molecule has 0 bridgehead atoms. The lowest BCUT2D eigenvalue weighted by Gasteiger charge is -2.10. The maximum atomic E-state index is 9.92. The first-order chi connectivity index (χ1) is 11.5. The third-order valence-electron chi connectivity index (χ3n) is 3.52. The molecule has 0 spiro atoms. The van der Waals surface area contributed by atoms with Crippen molar-refractivity contribution in [2.75, 3.05) is 13.7 Å². The number of hydrogen-bond acceptors (Lipinski definition) is 5. The molecule has 0 fully saturated rings. The van der Waals surface area contributed by atoms with Crippen LogP contribution in [0.5, 0.6) is 11.5 Å². The van der Waals surface area contributed by atoms with Gasteiger partial charge in [-0.3, -0.25) is 0 Å². The monoisotopic (exact) mass is 460 g/mol. The number of rotatable bonds is 6. The molecule has 0 unspecified atom stereocenters. The lowest BCUT2D eigenvalue weighted by Crippen LogP contribution is -2.36. The topological polar surface area (TPSA) is 91.9 Å². The summed E-state index contributed by atoms with van der Waals surface area (Å²) in [5.41, 5.74) is 1.57. The van der Waals surface area contributed by atoms with E-state index in [1.54, 1.807) is 25.3 Å². The molecular weight excluding hydrogens is 435 g/mol. The van der Waals surface area contributed by atoms with E-state index < -0.39 is 0 Å². The molecule has 7 nitrogen and oxygen atoms in total. The van der Waals surface area contributed by atoms with Crippen molar-refractivity contribution in [3.8, 4) is 11.5 Å². The zero-order valence-electron chi connectivity index (χ0n) is 14.9. The summed E-state index contributed by atoms with van der Waals surface area (Å²) in [6, 6.07) is 5.07. The van der Waals surface area contributed by atoms with Crippen molar-refractivity contribution in [3.05, 3.63) is 41.1 Å². The lowest BCUT2D eigenvalue weighted by atomic mass is 10.2. The van der Waals surface area contributed by atoms with Crippen LogP contribution in [0, 0.1) is 13.8 Å².